The number of phenols is 1. The highest BCUT2D eigenvalue weighted by Gasteiger charge is 2.39. The molecule has 12 atom stereocenters. The predicted octanol–water partition coefficient (Wildman–Crippen LogP) is -7.69. The van der Waals surface area contributed by atoms with Gasteiger partial charge in [-0.15, -0.1) is 0 Å². The summed E-state index contributed by atoms with van der Waals surface area (Å²) in [6, 6.07) is -10.1. The summed E-state index contributed by atoms with van der Waals surface area (Å²) in [4.78, 5) is 145. The molecule has 30 heteroatoms. The van der Waals surface area contributed by atoms with Crippen molar-refractivity contribution in [3.05, 3.63) is 29.8 Å². The molecule has 0 aromatic heterocycles. The Morgan fingerprint density at radius 2 is 1.03 bits per heavy atom. The van der Waals surface area contributed by atoms with E-state index < -0.39 is 183 Å². The van der Waals surface area contributed by atoms with Gasteiger partial charge in [-0.2, -0.15) is 0 Å². The van der Waals surface area contributed by atoms with E-state index in [0.717, 1.165) is 69.2 Å². The van der Waals surface area contributed by atoms with Crippen LogP contribution in [0.1, 0.15) is 108 Å². The number of aliphatic hydroxyl groups excluding tert-OH is 7. The molecule has 1 aliphatic rings. The molecule has 0 radical (unpaired) electrons. The summed E-state index contributed by atoms with van der Waals surface area (Å²) < 4.78 is 0. The minimum atomic E-state index is -2.62. The first-order chi connectivity index (χ1) is 36.3. The maximum absolute atomic E-state index is 14.0. The summed E-state index contributed by atoms with van der Waals surface area (Å²) in [6.45, 7) is -1.53. The molecular formula is C47H75N11O19. The van der Waals surface area contributed by atoms with Crippen LogP contribution in [0, 0.1) is 0 Å². The quantitative estimate of drug-likeness (QED) is 0.0428. The highest BCUT2D eigenvalue weighted by Crippen LogP contribution is 2.21. The van der Waals surface area contributed by atoms with E-state index in [4.69, 9.17) is 17.2 Å². The lowest BCUT2D eigenvalue weighted by molar-refractivity contribution is -0.140. The Bertz CT molecular complexity index is 2170. The van der Waals surface area contributed by atoms with Crippen molar-refractivity contribution < 1.29 is 93.6 Å². The maximum atomic E-state index is 14.0. The summed E-state index contributed by atoms with van der Waals surface area (Å²) >= 11 is 0. The molecule has 1 aromatic carbocycles. The third-order valence-electron chi connectivity index (χ3n) is 12.2. The Balaban J connectivity index is 2.68. The van der Waals surface area contributed by atoms with Crippen molar-refractivity contribution in [2.24, 2.45) is 17.2 Å². The predicted molar refractivity (Wildman–Crippen MR) is 266 cm³/mol. The number of nitrogens with two attached hydrogens (primary N) is 3. The normalized spacial score (nSPS) is 24.0. The van der Waals surface area contributed by atoms with Gasteiger partial charge in [0.05, 0.1) is 44.8 Å². The average Bonchev–Trinajstić information content (AvgIpc) is 3.37. The van der Waals surface area contributed by atoms with Crippen molar-refractivity contribution in [2.45, 2.75) is 170 Å². The topological polar surface area (TPSA) is 524 Å². The smallest absolute Gasteiger partial charge is 0.248 e. The molecule has 77 heavy (non-hydrogen) atoms. The van der Waals surface area contributed by atoms with E-state index in [1.807, 2.05) is 21.3 Å². The molecule has 30 nitrogen and oxygen atoms in total. The van der Waals surface area contributed by atoms with Gasteiger partial charge in [0.15, 0.2) is 6.10 Å². The number of hydrogen-bond acceptors (Lipinski definition) is 19. The number of carbonyl (C=O) groups excluding carboxylic acids is 11. The zero-order valence-electron chi connectivity index (χ0n) is 42.6. The Labute approximate surface area is 442 Å². The highest BCUT2D eigenvalue weighted by molar-refractivity contribution is 6.00. The van der Waals surface area contributed by atoms with Gasteiger partial charge in [0.25, 0.3) is 0 Å². The molecule has 1 aliphatic heterocycles. The Morgan fingerprint density at radius 1 is 0.558 bits per heavy atom. The lowest BCUT2D eigenvalue weighted by Crippen LogP contribution is -2.63. The fraction of sp³-hybridized carbons (Fsp3) is 0.638. The number of amides is 11. The standard InChI is InChI=1S/C47H75N11O19/c1-2-3-4-5-6-7-8-9-10-11-30(62)39(69)31(63)16-24-17-34(66)54-28(21-59)44(74)57-36(38(68)23-12-14-25(61)15-13-23)47(77)55-26(18-32(48)64)42(72)51-20-35(67)53-27(19-33(49)65)43(73)56-29(22-60)45(75)58-37(46(76)52-24)40(70)41(50)71/h12-15,24,26-31,36-40,59-63,68-70H,2-11,16-22H2,1H3,(H2,48,64)(H2,49,65)(H2,50,71)(H,51,72)(H,52,76)(H,53,67)(H,54,66)(H,55,77)(H,56,73)(H,57,74)(H,58,75)/t24-,26-,27+,28-,29+,30+,31-,36?,37+,38?,39+,40+/m1/s1. The number of primary amides is 3. The van der Waals surface area contributed by atoms with Gasteiger partial charge < -0.3 is 101 Å². The van der Waals surface area contributed by atoms with Crippen LogP contribution in [0.3, 0.4) is 0 Å². The van der Waals surface area contributed by atoms with Crippen LogP contribution < -0.4 is 59.7 Å². The first-order valence-electron chi connectivity index (χ1n) is 25.0. The van der Waals surface area contributed by atoms with E-state index in [1.165, 1.54) is 0 Å². The molecule has 0 bridgehead atoms. The molecule has 2 unspecified atom stereocenters. The van der Waals surface area contributed by atoms with E-state index >= 15 is 0 Å². The van der Waals surface area contributed by atoms with Crippen LogP contribution in [0.5, 0.6) is 5.75 Å². The second-order valence-corrected chi connectivity index (χ2v) is 18.5. The zero-order valence-corrected chi connectivity index (χ0v) is 42.6. The largest absolute Gasteiger partial charge is 0.508 e. The fourth-order valence-electron chi connectivity index (χ4n) is 7.87. The van der Waals surface area contributed by atoms with Crippen molar-refractivity contribution in [3.8, 4) is 5.75 Å². The number of aliphatic hydroxyl groups is 7. The summed E-state index contributed by atoms with van der Waals surface area (Å²) in [5.41, 5.74) is 15.7. The third-order valence-corrected chi connectivity index (χ3v) is 12.2. The Morgan fingerprint density at radius 3 is 1.56 bits per heavy atom. The van der Waals surface area contributed by atoms with Crippen molar-refractivity contribution in [3.63, 3.8) is 0 Å². The average molecular weight is 1100 g/mol. The lowest BCUT2D eigenvalue weighted by Gasteiger charge is -2.30. The summed E-state index contributed by atoms with van der Waals surface area (Å²) in [5.74, 6) is -15.5. The molecule has 432 valence electrons. The van der Waals surface area contributed by atoms with Gasteiger partial charge >= 0.3 is 0 Å². The molecule has 1 fully saturated rings. The highest BCUT2D eigenvalue weighted by atomic mass is 16.4. The molecule has 2 rings (SSSR count). The molecule has 11 amide bonds. The number of benzene rings is 1. The molecular weight excluding hydrogens is 1020 g/mol. The minimum Gasteiger partial charge on any atom is -0.508 e. The van der Waals surface area contributed by atoms with Crippen molar-refractivity contribution in [2.75, 3.05) is 19.8 Å². The van der Waals surface area contributed by atoms with Gasteiger partial charge in [0.1, 0.15) is 54.2 Å². The molecule has 1 aromatic rings. The van der Waals surface area contributed by atoms with E-state index in [-0.39, 0.29) is 17.7 Å². The molecule has 1 heterocycles. The zero-order chi connectivity index (χ0) is 57.9. The fourth-order valence-corrected chi connectivity index (χ4v) is 7.87. The van der Waals surface area contributed by atoms with Gasteiger partial charge in [0, 0.05) is 12.5 Å². The SMILES string of the molecule is CCCCCCCCCCC[C@H](O)[C@H](O)[C@H](O)C[C@@H]1CC(=O)N[C@H](CO)C(=O)NC(C(O)c2ccc(O)cc2)C(=O)N[C@H](CC(N)=O)C(=O)NCC(=O)N[C@@H](CC(N)=O)C(=O)N[C@@H](CO)C(=O)N[C@@H]([C@H](O)C(N)=O)C(=O)N1. The maximum Gasteiger partial charge on any atom is 0.248 e. The van der Waals surface area contributed by atoms with E-state index in [1.54, 1.807) is 0 Å². The first kappa shape index (κ1) is 66.0. The second-order valence-electron chi connectivity index (χ2n) is 18.5. The number of nitrogens with one attached hydrogen (secondary N) is 8. The molecule has 0 aliphatic carbocycles. The van der Waals surface area contributed by atoms with Gasteiger partial charge in [-0.1, -0.05) is 76.8 Å². The van der Waals surface area contributed by atoms with Crippen LogP contribution in [0.25, 0.3) is 0 Å². The number of carbonyl (C=O) groups is 11. The minimum absolute atomic E-state index is 0.00936. The summed E-state index contributed by atoms with van der Waals surface area (Å²) in [7, 11) is 0. The number of aromatic hydroxyl groups is 1. The van der Waals surface area contributed by atoms with Crippen LogP contribution in [-0.4, -0.2) is 192 Å². The van der Waals surface area contributed by atoms with Crippen molar-refractivity contribution in [1.82, 2.24) is 42.5 Å². The molecule has 22 N–H and O–H groups in total. The lowest BCUT2D eigenvalue weighted by atomic mass is 9.95. The molecule has 1 saturated heterocycles. The number of unbranched alkanes of at least 4 members (excludes halogenated alkanes) is 8. The van der Waals surface area contributed by atoms with Gasteiger partial charge in [0.2, 0.25) is 65.0 Å². The Kier molecular flexibility index (Phi) is 29.0. The third kappa shape index (κ3) is 23.4. The van der Waals surface area contributed by atoms with Crippen molar-refractivity contribution in [1.29, 1.82) is 0 Å². The number of rotatable bonds is 24. The monoisotopic (exact) mass is 1100 g/mol. The van der Waals surface area contributed by atoms with Crippen LogP contribution in [-0.2, 0) is 52.7 Å². The summed E-state index contributed by atoms with van der Waals surface area (Å²) in [5, 5.41) is 102. The van der Waals surface area contributed by atoms with E-state index in [9.17, 15) is 93.6 Å². The van der Waals surface area contributed by atoms with Crippen LogP contribution in [0.2, 0.25) is 0 Å². The van der Waals surface area contributed by atoms with Crippen LogP contribution >= 0.6 is 0 Å². The van der Waals surface area contributed by atoms with Crippen molar-refractivity contribution >= 4 is 65.0 Å². The molecule has 0 saturated carbocycles. The molecule has 0 spiro atoms. The van der Waals surface area contributed by atoms with Crippen LogP contribution in [0.15, 0.2) is 24.3 Å². The van der Waals surface area contributed by atoms with E-state index in [2.05, 4.69) is 28.2 Å². The van der Waals surface area contributed by atoms with Gasteiger partial charge in [-0.05, 0) is 30.5 Å². The number of hydrogen-bond donors (Lipinski definition) is 19. The van der Waals surface area contributed by atoms with Crippen LogP contribution in [0.4, 0.5) is 0 Å². The van der Waals surface area contributed by atoms with E-state index in [0.29, 0.717) is 12.8 Å². The second kappa shape index (κ2) is 33.8. The number of phenolic OH excluding ortho intramolecular Hbond substituents is 1. The van der Waals surface area contributed by atoms with Gasteiger partial charge in [-0.25, -0.2) is 0 Å². The first-order valence-corrected chi connectivity index (χ1v) is 25.0. The van der Waals surface area contributed by atoms with Gasteiger partial charge in [-0.3, -0.25) is 52.7 Å². The Hall–Kier alpha value is -7.09. The summed E-state index contributed by atoms with van der Waals surface area (Å²) in [6.07, 6.45) is -5.59.